The first kappa shape index (κ1) is 36.3. The van der Waals surface area contributed by atoms with E-state index in [-0.39, 0.29) is 0 Å². The van der Waals surface area contributed by atoms with Gasteiger partial charge in [-0.05, 0) is 57.8 Å². The van der Waals surface area contributed by atoms with Gasteiger partial charge in [-0.15, -0.1) is 11.3 Å². The number of aromatic nitrogens is 4. The molecular weight excluding hydrogens is 801 g/mol. The topological polar surface area (TPSA) is 64.7 Å². The standard InChI is InChI=1S/C58H34N4OS/c1-2-14-37(15-3-1)56-60-57(38-29-27-36(28-30-38)43-22-12-24-46-44-20-6-8-25-50(44)63-54(43)46)62-58(61-56)41-18-10-17-39(33-41)40-31-32-49-48(34-40)52-47-21-7-9-26-51(47)64-55(52)53(59-49)45-23-11-16-35-13-4-5-19-42(35)45/h1-34H. The van der Waals surface area contributed by atoms with Gasteiger partial charge in [-0.1, -0.05) is 176 Å². The molecule has 0 fully saturated rings. The van der Waals surface area contributed by atoms with Crippen LogP contribution in [0.4, 0.5) is 0 Å². The van der Waals surface area contributed by atoms with Crippen molar-refractivity contribution in [2.45, 2.75) is 0 Å². The van der Waals surface area contributed by atoms with Crippen molar-refractivity contribution in [3.8, 4) is 67.7 Å². The highest BCUT2D eigenvalue weighted by atomic mass is 32.1. The van der Waals surface area contributed by atoms with Crippen molar-refractivity contribution in [3.05, 3.63) is 206 Å². The van der Waals surface area contributed by atoms with E-state index in [1.54, 1.807) is 0 Å². The first-order valence-corrected chi connectivity index (χ1v) is 22.2. The molecule has 0 spiro atoms. The molecule has 5 nitrogen and oxygen atoms in total. The molecule has 0 saturated heterocycles. The summed E-state index contributed by atoms with van der Waals surface area (Å²) >= 11 is 1.82. The van der Waals surface area contributed by atoms with E-state index in [1.807, 2.05) is 53.8 Å². The number of rotatable bonds is 6. The quantitative estimate of drug-likeness (QED) is 0.167. The number of nitrogens with zero attached hydrogens (tertiary/aromatic N) is 4. The van der Waals surface area contributed by atoms with Gasteiger partial charge in [-0.2, -0.15) is 0 Å². The molecule has 4 aromatic heterocycles. The second-order valence-corrected chi connectivity index (χ2v) is 17.2. The van der Waals surface area contributed by atoms with Gasteiger partial charge in [-0.25, -0.2) is 19.9 Å². The van der Waals surface area contributed by atoms with Crippen LogP contribution in [0.1, 0.15) is 0 Å². The summed E-state index contributed by atoms with van der Waals surface area (Å²) < 4.78 is 8.82. The Labute approximate surface area is 371 Å². The van der Waals surface area contributed by atoms with E-state index < -0.39 is 0 Å². The Morgan fingerprint density at radius 3 is 1.80 bits per heavy atom. The summed E-state index contributed by atoms with van der Waals surface area (Å²) in [5, 5.41) is 8.24. The van der Waals surface area contributed by atoms with Gasteiger partial charge in [-0.3, -0.25) is 0 Å². The van der Waals surface area contributed by atoms with E-state index in [9.17, 15) is 0 Å². The molecule has 0 amide bonds. The van der Waals surface area contributed by atoms with Crippen molar-refractivity contribution < 1.29 is 4.42 Å². The monoisotopic (exact) mass is 834 g/mol. The third kappa shape index (κ3) is 5.99. The minimum atomic E-state index is 0.605. The van der Waals surface area contributed by atoms with Gasteiger partial charge in [0.2, 0.25) is 0 Å². The van der Waals surface area contributed by atoms with E-state index in [4.69, 9.17) is 24.4 Å². The zero-order valence-electron chi connectivity index (χ0n) is 34.2. The van der Waals surface area contributed by atoms with E-state index in [0.29, 0.717) is 17.5 Å². The molecule has 6 heteroatoms. The molecule has 0 atom stereocenters. The Morgan fingerprint density at radius 1 is 0.359 bits per heavy atom. The highest BCUT2D eigenvalue weighted by Gasteiger charge is 2.19. The Balaban J connectivity index is 0.920. The largest absolute Gasteiger partial charge is 0.455 e. The molecule has 0 radical (unpaired) electrons. The van der Waals surface area contributed by atoms with Crippen molar-refractivity contribution in [2.24, 2.45) is 0 Å². The van der Waals surface area contributed by atoms with Gasteiger partial charge in [0.25, 0.3) is 0 Å². The molecule has 0 saturated carbocycles. The number of hydrogen-bond acceptors (Lipinski definition) is 6. The second-order valence-electron chi connectivity index (χ2n) is 16.1. The Bertz CT molecular complexity index is 3960. The molecule has 64 heavy (non-hydrogen) atoms. The summed E-state index contributed by atoms with van der Waals surface area (Å²) in [4.78, 5) is 20.7. The molecule has 13 aromatic rings. The van der Waals surface area contributed by atoms with Gasteiger partial charge in [0, 0.05) is 59.4 Å². The van der Waals surface area contributed by atoms with Gasteiger partial charge >= 0.3 is 0 Å². The molecule has 0 aliphatic heterocycles. The van der Waals surface area contributed by atoms with Crippen LogP contribution in [-0.4, -0.2) is 19.9 Å². The van der Waals surface area contributed by atoms with Crippen LogP contribution in [0.2, 0.25) is 0 Å². The highest BCUT2D eigenvalue weighted by Crippen LogP contribution is 2.45. The number of fused-ring (bicyclic) bond motifs is 9. The Hall–Kier alpha value is -8.32. The average Bonchev–Trinajstić information content (AvgIpc) is 3.96. The lowest BCUT2D eigenvalue weighted by Gasteiger charge is -2.12. The van der Waals surface area contributed by atoms with Gasteiger partial charge in [0.1, 0.15) is 11.2 Å². The smallest absolute Gasteiger partial charge is 0.164 e. The molecule has 0 unspecified atom stereocenters. The van der Waals surface area contributed by atoms with Crippen molar-refractivity contribution >= 4 is 75.1 Å². The third-order valence-electron chi connectivity index (χ3n) is 12.3. The number of furan rings is 1. The fourth-order valence-electron chi connectivity index (χ4n) is 9.24. The molecule has 0 bridgehead atoms. The third-order valence-corrected chi connectivity index (χ3v) is 13.5. The Morgan fingerprint density at radius 2 is 0.938 bits per heavy atom. The maximum absolute atomic E-state index is 6.38. The van der Waals surface area contributed by atoms with Gasteiger partial charge in [0.15, 0.2) is 17.5 Å². The number of pyridine rings is 1. The summed E-state index contributed by atoms with van der Waals surface area (Å²) in [7, 11) is 0. The first-order valence-electron chi connectivity index (χ1n) is 21.4. The summed E-state index contributed by atoms with van der Waals surface area (Å²) in [6.07, 6.45) is 0. The predicted octanol–water partition coefficient (Wildman–Crippen LogP) is 15.8. The minimum Gasteiger partial charge on any atom is -0.455 e. The Kier molecular flexibility index (Phi) is 8.32. The molecule has 9 aromatic carbocycles. The van der Waals surface area contributed by atoms with E-state index >= 15 is 0 Å². The van der Waals surface area contributed by atoms with E-state index in [0.717, 1.165) is 83.0 Å². The van der Waals surface area contributed by atoms with Crippen LogP contribution in [0.15, 0.2) is 211 Å². The fourth-order valence-corrected chi connectivity index (χ4v) is 10.5. The predicted molar refractivity (Wildman–Crippen MR) is 265 cm³/mol. The molecule has 4 heterocycles. The van der Waals surface area contributed by atoms with Crippen LogP contribution >= 0.6 is 11.3 Å². The lowest BCUT2D eigenvalue weighted by atomic mass is 9.96. The minimum absolute atomic E-state index is 0.605. The van der Waals surface area contributed by atoms with Crippen LogP contribution < -0.4 is 0 Å². The zero-order valence-corrected chi connectivity index (χ0v) is 35.1. The number of thiophene rings is 1. The summed E-state index contributed by atoms with van der Waals surface area (Å²) in [5.74, 6) is 1.83. The summed E-state index contributed by atoms with van der Waals surface area (Å²) in [6, 6.07) is 72.0. The van der Waals surface area contributed by atoms with Crippen molar-refractivity contribution in [2.75, 3.05) is 0 Å². The molecule has 13 rings (SSSR count). The molecular formula is C58H34N4OS. The van der Waals surface area contributed by atoms with Crippen molar-refractivity contribution in [1.29, 1.82) is 0 Å². The normalized spacial score (nSPS) is 11.8. The fraction of sp³-hybridized carbons (Fsp3) is 0. The second kappa shape index (κ2) is 14.7. The lowest BCUT2D eigenvalue weighted by Crippen LogP contribution is -2.00. The van der Waals surface area contributed by atoms with Crippen LogP contribution in [0.3, 0.4) is 0 Å². The molecule has 0 aliphatic carbocycles. The summed E-state index contributed by atoms with van der Waals surface area (Å²) in [5.41, 5.74) is 11.9. The van der Waals surface area contributed by atoms with Crippen LogP contribution in [0.25, 0.3) is 131 Å². The lowest BCUT2D eigenvalue weighted by molar-refractivity contribution is 0.670. The van der Waals surface area contributed by atoms with Crippen LogP contribution in [0.5, 0.6) is 0 Å². The average molecular weight is 835 g/mol. The SMILES string of the molecule is c1ccc(-c2nc(-c3ccc(-c4cccc5c4oc4ccccc45)cc3)nc(-c3cccc(-c4ccc5nc(-c6cccc7ccccc67)c6sc7ccccc7c6c5c4)c3)n2)cc1. The number of benzene rings is 9. The van der Waals surface area contributed by atoms with Crippen molar-refractivity contribution in [3.63, 3.8) is 0 Å². The van der Waals surface area contributed by atoms with Crippen molar-refractivity contribution in [1.82, 2.24) is 19.9 Å². The molecule has 298 valence electrons. The zero-order chi connectivity index (χ0) is 42.1. The van der Waals surface area contributed by atoms with Gasteiger partial charge < -0.3 is 4.42 Å². The molecule has 0 aliphatic rings. The van der Waals surface area contributed by atoms with Crippen LogP contribution in [0, 0.1) is 0 Å². The highest BCUT2D eigenvalue weighted by molar-refractivity contribution is 7.26. The maximum atomic E-state index is 6.38. The van der Waals surface area contributed by atoms with Crippen LogP contribution in [-0.2, 0) is 0 Å². The number of hydrogen-bond donors (Lipinski definition) is 0. The summed E-state index contributed by atoms with van der Waals surface area (Å²) in [6.45, 7) is 0. The number of para-hydroxylation sites is 2. The molecule has 0 N–H and O–H groups in total. The van der Waals surface area contributed by atoms with E-state index in [2.05, 4.69) is 164 Å². The van der Waals surface area contributed by atoms with E-state index in [1.165, 1.54) is 30.9 Å². The van der Waals surface area contributed by atoms with Gasteiger partial charge in [0.05, 0.1) is 15.9 Å². The first-order chi connectivity index (χ1) is 31.7. The maximum Gasteiger partial charge on any atom is 0.164 e.